The van der Waals surface area contributed by atoms with E-state index in [0.717, 1.165) is 17.5 Å². The van der Waals surface area contributed by atoms with Gasteiger partial charge in [0, 0.05) is 0 Å². The largest absolute Gasteiger partial charge is 0.467 e. The molecule has 0 bridgehead atoms. The molecule has 0 amide bonds. The molecular weight excluding hydrogens is 484 g/mol. The van der Waals surface area contributed by atoms with Crippen LogP contribution in [0.4, 0.5) is 0 Å². The van der Waals surface area contributed by atoms with E-state index >= 15 is 0 Å². The van der Waals surface area contributed by atoms with Crippen molar-refractivity contribution in [1.29, 1.82) is 0 Å². The Hall–Kier alpha value is -2.96. The Morgan fingerprint density at radius 3 is 1.73 bits per heavy atom. The molecule has 3 aromatic rings. The molecule has 6 heteroatoms. The van der Waals surface area contributed by atoms with Crippen molar-refractivity contribution in [2.75, 3.05) is 7.11 Å². The molecule has 1 aliphatic carbocycles. The van der Waals surface area contributed by atoms with E-state index in [4.69, 9.17) is 8.92 Å². The van der Waals surface area contributed by atoms with Crippen LogP contribution in [-0.4, -0.2) is 27.1 Å². The van der Waals surface area contributed by atoms with Gasteiger partial charge in [-0.1, -0.05) is 107 Å². The van der Waals surface area contributed by atoms with Gasteiger partial charge in [-0.2, -0.15) is 8.42 Å². The number of benzene rings is 3. The van der Waals surface area contributed by atoms with Crippen LogP contribution in [0.5, 0.6) is 0 Å². The molecular formula is C31H36O5S. The summed E-state index contributed by atoms with van der Waals surface area (Å²) in [4.78, 5) is 14.2. The Bertz CT molecular complexity index is 1270. The van der Waals surface area contributed by atoms with Gasteiger partial charge in [0.1, 0.15) is 0 Å². The van der Waals surface area contributed by atoms with E-state index in [1.807, 2.05) is 60.7 Å². The van der Waals surface area contributed by atoms with Gasteiger partial charge in [-0.25, -0.2) is 8.98 Å². The Morgan fingerprint density at radius 2 is 1.30 bits per heavy atom. The smallest absolute Gasteiger partial charge is 0.341 e. The summed E-state index contributed by atoms with van der Waals surface area (Å²) in [5, 5.41) is 0. The summed E-state index contributed by atoms with van der Waals surface area (Å²) in [6.07, 6.45) is 0.961. The molecule has 1 aliphatic rings. The maximum absolute atomic E-state index is 14.2. The lowest BCUT2D eigenvalue weighted by atomic mass is 9.45. The normalized spacial score (nSPS) is 23.8. The van der Waals surface area contributed by atoms with E-state index in [9.17, 15) is 13.2 Å². The zero-order valence-electron chi connectivity index (χ0n) is 22.2. The molecule has 37 heavy (non-hydrogen) atoms. The molecule has 196 valence electrons. The van der Waals surface area contributed by atoms with E-state index in [-0.39, 0.29) is 28.6 Å². The van der Waals surface area contributed by atoms with Crippen molar-refractivity contribution in [3.05, 3.63) is 102 Å². The second-order valence-corrected chi connectivity index (χ2v) is 12.7. The minimum Gasteiger partial charge on any atom is -0.467 e. The van der Waals surface area contributed by atoms with E-state index in [1.165, 1.54) is 19.2 Å². The topological polar surface area (TPSA) is 69.7 Å². The number of carbonyl (C=O) groups is 1. The first-order chi connectivity index (χ1) is 17.5. The lowest BCUT2D eigenvalue weighted by Gasteiger charge is -2.60. The van der Waals surface area contributed by atoms with Gasteiger partial charge in [0.2, 0.25) is 0 Å². The van der Waals surface area contributed by atoms with E-state index in [2.05, 4.69) is 27.7 Å². The standard InChI is InChI=1S/C31H36O5S/c1-23-21-27(29(2,3)4)31(24-15-9-6-10-16-24,25-17-11-7-12-18-25)30(22-23,28(32)35-5)36-37(33,34)26-19-13-8-14-20-26/h6-20,23,27H,21-22H2,1-5H3/t23-,27-,30+/m0/s1. The van der Waals surface area contributed by atoms with Crippen molar-refractivity contribution >= 4 is 16.1 Å². The molecule has 1 fully saturated rings. The van der Waals surface area contributed by atoms with Crippen LogP contribution < -0.4 is 0 Å². The fourth-order valence-electron chi connectivity index (χ4n) is 6.40. The highest BCUT2D eigenvalue weighted by atomic mass is 32.2. The maximum Gasteiger partial charge on any atom is 0.341 e. The molecule has 0 aromatic heterocycles. The summed E-state index contributed by atoms with van der Waals surface area (Å²) in [7, 11) is -3.05. The van der Waals surface area contributed by atoms with Crippen molar-refractivity contribution in [2.24, 2.45) is 17.3 Å². The van der Waals surface area contributed by atoms with Gasteiger partial charge >= 0.3 is 5.97 Å². The number of esters is 1. The highest BCUT2D eigenvalue weighted by Crippen LogP contribution is 2.62. The summed E-state index contributed by atoms with van der Waals surface area (Å²) >= 11 is 0. The molecule has 0 aliphatic heterocycles. The van der Waals surface area contributed by atoms with Crippen LogP contribution in [0.15, 0.2) is 95.9 Å². The first-order valence-electron chi connectivity index (χ1n) is 12.7. The Morgan fingerprint density at radius 1 is 0.838 bits per heavy atom. The van der Waals surface area contributed by atoms with Crippen molar-refractivity contribution in [3.8, 4) is 0 Å². The van der Waals surface area contributed by atoms with E-state index in [0.29, 0.717) is 0 Å². The molecule has 5 nitrogen and oxygen atoms in total. The van der Waals surface area contributed by atoms with Gasteiger partial charge in [0.25, 0.3) is 10.1 Å². The van der Waals surface area contributed by atoms with Crippen molar-refractivity contribution in [3.63, 3.8) is 0 Å². The average Bonchev–Trinajstić information content (AvgIpc) is 2.88. The Balaban J connectivity index is 2.17. The van der Waals surface area contributed by atoms with Crippen LogP contribution in [0.25, 0.3) is 0 Å². The van der Waals surface area contributed by atoms with Crippen molar-refractivity contribution < 1.29 is 22.1 Å². The fraction of sp³-hybridized carbons (Fsp3) is 0.387. The molecule has 0 N–H and O–H groups in total. The Kier molecular flexibility index (Phi) is 7.37. The molecule has 0 unspecified atom stereocenters. The summed E-state index contributed by atoms with van der Waals surface area (Å²) in [5.74, 6) is -0.867. The minimum absolute atomic E-state index is 0.00108. The number of rotatable bonds is 6. The van der Waals surface area contributed by atoms with Crippen LogP contribution >= 0.6 is 0 Å². The minimum atomic E-state index is -4.35. The number of methoxy groups -OCH3 is 1. The van der Waals surface area contributed by atoms with Crippen LogP contribution in [0, 0.1) is 17.3 Å². The fourth-order valence-corrected chi connectivity index (χ4v) is 7.63. The molecule has 0 saturated heterocycles. The molecule has 3 aromatic carbocycles. The molecule has 3 atom stereocenters. The highest BCUT2D eigenvalue weighted by Gasteiger charge is 2.69. The quantitative estimate of drug-likeness (QED) is 0.279. The van der Waals surface area contributed by atoms with E-state index < -0.39 is 27.1 Å². The average molecular weight is 521 g/mol. The predicted molar refractivity (Wildman–Crippen MR) is 144 cm³/mol. The summed E-state index contributed by atoms with van der Waals surface area (Å²) in [6.45, 7) is 8.48. The third kappa shape index (κ3) is 4.62. The van der Waals surface area contributed by atoms with Gasteiger partial charge in [-0.15, -0.1) is 0 Å². The molecule has 4 rings (SSSR count). The lowest BCUT2D eigenvalue weighted by molar-refractivity contribution is -0.179. The van der Waals surface area contributed by atoms with Crippen LogP contribution in [0.1, 0.15) is 51.7 Å². The Labute approximate surface area is 221 Å². The number of hydrogen-bond acceptors (Lipinski definition) is 5. The second kappa shape index (κ2) is 10.1. The zero-order valence-corrected chi connectivity index (χ0v) is 23.0. The molecule has 0 spiro atoms. The van der Waals surface area contributed by atoms with Crippen LogP contribution in [-0.2, 0) is 29.2 Å². The molecule has 1 saturated carbocycles. The third-order valence-electron chi connectivity index (χ3n) is 7.74. The van der Waals surface area contributed by atoms with Crippen molar-refractivity contribution in [1.82, 2.24) is 0 Å². The van der Waals surface area contributed by atoms with Crippen LogP contribution in [0.3, 0.4) is 0 Å². The van der Waals surface area contributed by atoms with Crippen molar-refractivity contribution in [2.45, 2.75) is 56.4 Å². The molecule has 0 radical (unpaired) electrons. The zero-order chi connectivity index (χ0) is 26.9. The number of hydrogen-bond donors (Lipinski definition) is 0. The third-order valence-corrected chi connectivity index (χ3v) is 9.09. The van der Waals surface area contributed by atoms with Crippen LogP contribution in [0.2, 0.25) is 0 Å². The van der Waals surface area contributed by atoms with Gasteiger partial charge in [0.15, 0.2) is 5.60 Å². The van der Waals surface area contributed by atoms with Gasteiger partial charge in [0.05, 0.1) is 17.4 Å². The predicted octanol–water partition coefficient (Wildman–Crippen LogP) is 6.38. The summed E-state index contributed by atoms with van der Waals surface area (Å²) in [6, 6.07) is 27.4. The maximum atomic E-state index is 14.2. The second-order valence-electron chi connectivity index (χ2n) is 11.2. The molecule has 0 heterocycles. The highest BCUT2D eigenvalue weighted by molar-refractivity contribution is 7.86. The number of ether oxygens (including phenoxy) is 1. The number of carbonyl (C=O) groups excluding carboxylic acids is 1. The first kappa shape index (κ1) is 27.1. The summed E-state index contributed by atoms with van der Waals surface area (Å²) in [5.41, 5.74) is -1.69. The van der Waals surface area contributed by atoms with Gasteiger partial charge in [-0.3, -0.25) is 0 Å². The monoisotopic (exact) mass is 520 g/mol. The van der Waals surface area contributed by atoms with Gasteiger partial charge < -0.3 is 4.74 Å². The summed E-state index contributed by atoms with van der Waals surface area (Å²) < 4.78 is 39.6. The SMILES string of the molecule is COC(=O)[C@]1(OS(=O)(=O)c2ccccc2)C[C@@H](C)C[C@@H](C(C)(C)C)C1(c1ccccc1)c1ccccc1. The lowest BCUT2D eigenvalue weighted by Crippen LogP contribution is -2.68. The van der Waals surface area contributed by atoms with E-state index in [1.54, 1.807) is 18.2 Å². The van der Waals surface area contributed by atoms with Gasteiger partial charge in [-0.05, 0) is 53.4 Å². The first-order valence-corrected chi connectivity index (χ1v) is 14.1.